The summed E-state index contributed by atoms with van der Waals surface area (Å²) < 4.78 is 6.14. The molecule has 0 aliphatic carbocycles. The molecular formula is C19H28N4O2S. The number of amides is 1. The molecule has 0 bridgehead atoms. The van der Waals surface area contributed by atoms with Gasteiger partial charge in [0.05, 0.1) is 6.54 Å². The van der Waals surface area contributed by atoms with Crippen molar-refractivity contribution in [2.24, 2.45) is 4.99 Å². The van der Waals surface area contributed by atoms with Gasteiger partial charge in [-0.25, -0.2) is 0 Å². The van der Waals surface area contributed by atoms with Crippen molar-refractivity contribution in [2.45, 2.75) is 37.4 Å². The number of aryl methyl sites for hydroxylation is 1. The highest BCUT2D eigenvalue weighted by Crippen LogP contribution is 2.36. The minimum absolute atomic E-state index is 0.0825. The van der Waals surface area contributed by atoms with Crippen LogP contribution < -0.4 is 20.7 Å². The van der Waals surface area contributed by atoms with Crippen LogP contribution in [0.5, 0.6) is 5.75 Å². The lowest BCUT2D eigenvalue weighted by molar-refractivity contribution is -0.116. The fourth-order valence-electron chi connectivity index (χ4n) is 3.26. The molecule has 1 aromatic rings. The zero-order valence-corrected chi connectivity index (χ0v) is 16.4. The van der Waals surface area contributed by atoms with E-state index in [0.29, 0.717) is 24.3 Å². The van der Waals surface area contributed by atoms with Crippen molar-refractivity contribution in [2.75, 3.05) is 37.8 Å². The molecule has 1 saturated heterocycles. The van der Waals surface area contributed by atoms with Gasteiger partial charge < -0.3 is 20.7 Å². The minimum atomic E-state index is 0.0825. The maximum absolute atomic E-state index is 11.4. The molecule has 2 heterocycles. The van der Waals surface area contributed by atoms with E-state index in [9.17, 15) is 4.79 Å². The van der Waals surface area contributed by atoms with E-state index in [1.54, 1.807) is 7.05 Å². The lowest BCUT2D eigenvalue weighted by Crippen LogP contribution is -2.44. The molecular weight excluding hydrogens is 348 g/mol. The Hall–Kier alpha value is -1.89. The zero-order chi connectivity index (χ0) is 18.4. The average Bonchev–Trinajstić information content (AvgIpc) is 3.08. The number of carbonyl (C=O) groups is 1. The molecule has 1 unspecified atom stereocenters. The van der Waals surface area contributed by atoms with Crippen molar-refractivity contribution in [1.29, 1.82) is 0 Å². The van der Waals surface area contributed by atoms with Crippen molar-refractivity contribution >= 4 is 29.3 Å². The highest BCUT2D eigenvalue weighted by atomic mass is 32.2. The number of hydrogen-bond donors (Lipinski definition) is 3. The Morgan fingerprint density at radius 2 is 2.27 bits per heavy atom. The molecule has 0 radical (unpaired) electrons. The second-order valence-electron chi connectivity index (χ2n) is 6.97. The van der Waals surface area contributed by atoms with Crippen molar-refractivity contribution in [1.82, 2.24) is 10.6 Å². The first-order chi connectivity index (χ1) is 12.6. The van der Waals surface area contributed by atoms with Gasteiger partial charge in [-0.3, -0.25) is 9.79 Å². The van der Waals surface area contributed by atoms with Crippen LogP contribution in [0.2, 0.25) is 0 Å². The molecule has 1 aromatic carbocycles. The molecule has 0 spiro atoms. The van der Waals surface area contributed by atoms with Gasteiger partial charge in [0, 0.05) is 30.4 Å². The van der Waals surface area contributed by atoms with Gasteiger partial charge in [0.15, 0.2) is 5.96 Å². The largest absolute Gasteiger partial charge is 0.492 e. The van der Waals surface area contributed by atoms with Crippen LogP contribution in [0.3, 0.4) is 0 Å². The van der Waals surface area contributed by atoms with Crippen LogP contribution in [0.4, 0.5) is 5.69 Å². The van der Waals surface area contributed by atoms with Crippen LogP contribution in [-0.4, -0.2) is 49.1 Å². The Labute approximate surface area is 159 Å². The summed E-state index contributed by atoms with van der Waals surface area (Å²) in [5.74, 6) is 2.98. The molecule has 0 saturated carbocycles. The van der Waals surface area contributed by atoms with Crippen LogP contribution in [-0.2, 0) is 11.2 Å². The quantitative estimate of drug-likeness (QED) is 0.404. The summed E-state index contributed by atoms with van der Waals surface area (Å²) in [5, 5.41) is 9.60. The molecule has 6 nitrogen and oxygen atoms in total. The third-order valence-corrected chi connectivity index (χ3v) is 6.33. The Morgan fingerprint density at radius 3 is 3.04 bits per heavy atom. The lowest BCUT2D eigenvalue weighted by Gasteiger charge is -2.24. The first-order valence-corrected chi connectivity index (χ1v) is 10.2. The smallest absolute Gasteiger partial charge is 0.224 e. The first-order valence-electron chi connectivity index (χ1n) is 9.22. The van der Waals surface area contributed by atoms with Crippen LogP contribution >= 0.6 is 11.8 Å². The van der Waals surface area contributed by atoms with Gasteiger partial charge in [0.25, 0.3) is 0 Å². The molecule has 1 atom stereocenters. The van der Waals surface area contributed by atoms with Crippen molar-refractivity contribution in [3.05, 3.63) is 23.8 Å². The molecule has 3 rings (SSSR count). The average molecular weight is 377 g/mol. The van der Waals surface area contributed by atoms with E-state index in [4.69, 9.17) is 4.74 Å². The van der Waals surface area contributed by atoms with E-state index in [0.717, 1.165) is 35.9 Å². The Morgan fingerprint density at radius 1 is 1.38 bits per heavy atom. The summed E-state index contributed by atoms with van der Waals surface area (Å²) in [6.07, 6.45) is 3.86. The van der Waals surface area contributed by atoms with Gasteiger partial charge >= 0.3 is 0 Å². The number of hydrogen-bond acceptors (Lipinski definition) is 4. The molecule has 2 aliphatic heterocycles. The van der Waals surface area contributed by atoms with Crippen LogP contribution in [0.1, 0.15) is 31.7 Å². The van der Waals surface area contributed by atoms with Gasteiger partial charge in [0.2, 0.25) is 5.91 Å². The lowest BCUT2D eigenvalue weighted by atomic mass is 10.0. The molecule has 26 heavy (non-hydrogen) atoms. The zero-order valence-electron chi connectivity index (χ0n) is 15.6. The summed E-state index contributed by atoms with van der Waals surface area (Å²) in [6, 6.07) is 5.82. The number of ether oxygens (including phenoxy) is 1. The summed E-state index contributed by atoms with van der Waals surface area (Å²) in [5.41, 5.74) is 2.03. The molecule has 3 N–H and O–H groups in total. The highest BCUT2D eigenvalue weighted by molar-refractivity contribution is 8.00. The van der Waals surface area contributed by atoms with E-state index in [1.807, 2.05) is 30.0 Å². The number of thioether (sulfide) groups is 1. The second kappa shape index (κ2) is 8.66. The molecule has 7 heteroatoms. The third kappa shape index (κ3) is 5.06. The van der Waals surface area contributed by atoms with E-state index in [-0.39, 0.29) is 5.91 Å². The van der Waals surface area contributed by atoms with Crippen LogP contribution in [0, 0.1) is 0 Å². The second-order valence-corrected chi connectivity index (χ2v) is 8.65. The maximum atomic E-state index is 11.4. The number of rotatable bonds is 6. The maximum Gasteiger partial charge on any atom is 0.224 e. The van der Waals surface area contributed by atoms with Crippen molar-refractivity contribution < 1.29 is 9.53 Å². The summed E-state index contributed by atoms with van der Waals surface area (Å²) >= 11 is 2.04. The number of benzene rings is 1. The topological polar surface area (TPSA) is 74.8 Å². The van der Waals surface area contributed by atoms with Crippen LogP contribution in [0.25, 0.3) is 0 Å². The number of anilines is 1. The number of carbonyl (C=O) groups excluding carboxylic acids is 1. The third-order valence-electron chi connectivity index (χ3n) is 4.79. The van der Waals surface area contributed by atoms with Gasteiger partial charge in [-0.05, 0) is 55.7 Å². The highest BCUT2D eigenvalue weighted by Gasteiger charge is 2.29. The summed E-state index contributed by atoms with van der Waals surface area (Å²) in [6.45, 7) is 4.47. The SMILES string of the molecule is CN=C(NCCOc1ccc2c(c1)CCC(=O)N2)NCC1(C)CCCS1. The monoisotopic (exact) mass is 376 g/mol. The van der Waals surface area contributed by atoms with Gasteiger partial charge in [-0.2, -0.15) is 11.8 Å². The van der Waals surface area contributed by atoms with Gasteiger partial charge in [0.1, 0.15) is 12.4 Å². The van der Waals surface area contributed by atoms with E-state index >= 15 is 0 Å². The van der Waals surface area contributed by atoms with Crippen LogP contribution in [0.15, 0.2) is 23.2 Å². The molecule has 0 aromatic heterocycles. The molecule has 1 fully saturated rings. The Bertz CT molecular complexity index is 672. The number of nitrogens with zero attached hydrogens (tertiary/aromatic N) is 1. The van der Waals surface area contributed by atoms with Crippen molar-refractivity contribution in [3.8, 4) is 5.75 Å². The van der Waals surface area contributed by atoms with E-state index in [2.05, 4.69) is 27.9 Å². The number of aliphatic imine (C=N–C) groups is 1. The van der Waals surface area contributed by atoms with Crippen molar-refractivity contribution in [3.63, 3.8) is 0 Å². The standard InChI is InChI=1S/C19H28N4O2S/c1-19(8-3-11-26-19)13-22-18(20-2)21-9-10-25-15-5-6-16-14(12-15)4-7-17(24)23-16/h5-6,12H,3-4,7-11,13H2,1-2H3,(H,23,24)(H2,20,21,22). The molecule has 1 amide bonds. The Kier molecular flexibility index (Phi) is 6.29. The number of nitrogens with one attached hydrogen (secondary N) is 3. The number of fused-ring (bicyclic) bond motifs is 1. The normalized spacial score (nSPS) is 22.5. The van der Waals surface area contributed by atoms with E-state index in [1.165, 1.54) is 18.6 Å². The summed E-state index contributed by atoms with van der Waals surface area (Å²) in [4.78, 5) is 15.7. The molecule has 142 valence electrons. The fourth-order valence-corrected chi connectivity index (χ4v) is 4.50. The predicted molar refractivity (Wildman–Crippen MR) is 108 cm³/mol. The van der Waals surface area contributed by atoms with E-state index < -0.39 is 0 Å². The summed E-state index contributed by atoms with van der Waals surface area (Å²) in [7, 11) is 1.79. The number of guanidine groups is 1. The molecule has 2 aliphatic rings. The minimum Gasteiger partial charge on any atom is -0.492 e. The van der Waals surface area contributed by atoms with Gasteiger partial charge in [-0.1, -0.05) is 0 Å². The Balaban J connectivity index is 1.39. The first kappa shape index (κ1) is 18.9. The van der Waals surface area contributed by atoms with Gasteiger partial charge in [-0.15, -0.1) is 0 Å². The predicted octanol–water partition coefficient (Wildman–Crippen LogP) is 2.40. The fraction of sp³-hybridized carbons (Fsp3) is 0.579.